The summed E-state index contributed by atoms with van der Waals surface area (Å²) in [4.78, 5) is 15.9. The molecule has 2 aromatic heterocycles. The van der Waals surface area contributed by atoms with E-state index in [0.29, 0.717) is 22.4 Å². The molecular weight excluding hydrogens is 331 g/mol. The number of aromatic nitrogens is 3. The second-order valence-electron chi connectivity index (χ2n) is 4.91. The van der Waals surface area contributed by atoms with Crippen molar-refractivity contribution in [3.05, 3.63) is 54.1 Å². The summed E-state index contributed by atoms with van der Waals surface area (Å²) in [6, 6.07) is 7.70. The van der Waals surface area contributed by atoms with Crippen LogP contribution in [0.25, 0.3) is 11.5 Å². The molecule has 0 aliphatic carbocycles. The standard InChI is InChI=1S/C16H13FN4O2S/c1-10-8-12(17)2-3-13(10)19-14(22)9-24-16-21-20-15(23-16)11-4-6-18-7-5-11/h2-8H,9H2,1H3,(H,19,22). The van der Waals surface area contributed by atoms with E-state index in [-0.39, 0.29) is 17.5 Å². The number of aryl methyl sites for hydroxylation is 1. The van der Waals surface area contributed by atoms with Gasteiger partial charge in [-0.3, -0.25) is 9.78 Å². The highest BCUT2D eigenvalue weighted by Crippen LogP contribution is 2.23. The topological polar surface area (TPSA) is 80.9 Å². The smallest absolute Gasteiger partial charge is 0.277 e. The van der Waals surface area contributed by atoms with Gasteiger partial charge < -0.3 is 9.73 Å². The Hall–Kier alpha value is -2.74. The molecule has 0 spiro atoms. The molecule has 0 bridgehead atoms. The van der Waals surface area contributed by atoms with Gasteiger partial charge in [-0.2, -0.15) is 0 Å². The Morgan fingerprint density at radius 1 is 1.25 bits per heavy atom. The number of nitrogens with zero attached hydrogens (tertiary/aromatic N) is 3. The van der Waals surface area contributed by atoms with Crippen molar-refractivity contribution in [1.29, 1.82) is 0 Å². The van der Waals surface area contributed by atoms with Gasteiger partial charge in [0.1, 0.15) is 5.82 Å². The average Bonchev–Trinajstić information content (AvgIpc) is 3.05. The number of carbonyl (C=O) groups is 1. The number of thioether (sulfide) groups is 1. The highest BCUT2D eigenvalue weighted by Gasteiger charge is 2.12. The third-order valence-electron chi connectivity index (χ3n) is 3.12. The Kier molecular flexibility index (Phi) is 4.85. The lowest BCUT2D eigenvalue weighted by Crippen LogP contribution is -2.14. The fourth-order valence-corrected chi connectivity index (χ4v) is 2.52. The molecule has 0 saturated carbocycles. The summed E-state index contributed by atoms with van der Waals surface area (Å²) >= 11 is 1.13. The van der Waals surface area contributed by atoms with Crippen LogP contribution < -0.4 is 5.32 Å². The largest absolute Gasteiger partial charge is 0.411 e. The maximum atomic E-state index is 13.0. The molecular formula is C16H13FN4O2S. The summed E-state index contributed by atoms with van der Waals surface area (Å²) in [5.41, 5.74) is 1.99. The zero-order valence-corrected chi connectivity index (χ0v) is 13.5. The van der Waals surface area contributed by atoms with Crippen molar-refractivity contribution in [3.63, 3.8) is 0 Å². The third-order valence-corrected chi connectivity index (χ3v) is 3.94. The zero-order valence-electron chi connectivity index (χ0n) is 12.7. The summed E-state index contributed by atoms with van der Waals surface area (Å²) in [6.45, 7) is 1.73. The highest BCUT2D eigenvalue weighted by atomic mass is 32.2. The van der Waals surface area contributed by atoms with Crippen LogP contribution in [0.3, 0.4) is 0 Å². The van der Waals surface area contributed by atoms with Gasteiger partial charge >= 0.3 is 0 Å². The van der Waals surface area contributed by atoms with Gasteiger partial charge in [0, 0.05) is 23.6 Å². The van der Waals surface area contributed by atoms with E-state index in [1.807, 2.05) is 0 Å². The molecule has 1 aromatic carbocycles. The Morgan fingerprint density at radius 3 is 2.79 bits per heavy atom. The van der Waals surface area contributed by atoms with Crippen LogP contribution in [-0.4, -0.2) is 26.8 Å². The van der Waals surface area contributed by atoms with Crippen LogP contribution in [0.2, 0.25) is 0 Å². The summed E-state index contributed by atoms with van der Waals surface area (Å²) in [5, 5.41) is 10.9. The minimum absolute atomic E-state index is 0.106. The zero-order chi connectivity index (χ0) is 16.9. The van der Waals surface area contributed by atoms with Crippen LogP contribution in [0.5, 0.6) is 0 Å². The first-order valence-electron chi connectivity index (χ1n) is 7.04. The highest BCUT2D eigenvalue weighted by molar-refractivity contribution is 7.99. The normalized spacial score (nSPS) is 10.6. The molecule has 3 aromatic rings. The Balaban J connectivity index is 1.58. The number of carbonyl (C=O) groups excluding carboxylic acids is 1. The van der Waals surface area contributed by atoms with Crippen molar-refractivity contribution < 1.29 is 13.6 Å². The van der Waals surface area contributed by atoms with Crippen LogP contribution in [0.4, 0.5) is 10.1 Å². The molecule has 0 fully saturated rings. The van der Waals surface area contributed by atoms with Crippen molar-refractivity contribution in [3.8, 4) is 11.5 Å². The molecule has 0 atom stereocenters. The number of rotatable bonds is 5. The van der Waals surface area contributed by atoms with E-state index in [9.17, 15) is 9.18 Å². The molecule has 0 unspecified atom stereocenters. The lowest BCUT2D eigenvalue weighted by atomic mass is 10.2. The second-order valence-corrected chi connectivity index (χ2v) is 5.83. The first kappa shape index (κ1) is 16.1. The monoisotopic (exact) mass is 344 g/mol. The number of hydrogen-bond acceptors (Lipinski definition) is 6. The van der Waals surface area contributed by atoms with E-state index in [2.05, 4.69) is 20.5 Å². The minimum atomic E-state index is -0.339. The lowest BCUT2D eigenvalue weighted by molar-refractivity contribution is -0.113. The Morgan fingerprint density at radius 2 is 2.04 bits per heavy atom. The fourth-order valence-electron chi connectivity index (χ4n) is 1.96. The molecule has 0 saturated heterocycles. The van der Waals surface area contributed by atoms with E-state index in [4.69, 9.17) is 4.42 Å². The van der Waals surface area contributed by atoms with Crippen molar-refractivity contribution in [1.82, 2.24) is 15.2 Å². The first-order chi connectivity index (χ1) is 11.6. The average molecular weight is 344 g/mol. The summed E-state index contributed by atoms with van der Waals surface area (Å²) in [7, 11) is 0. The van der Waals surface area contributed by atoms with Gasteiger partial charge in [-0.05, 0) is 42.8 Å². The van der Waals surface area contributed by atoms with Crippen molar-refractivity contribution in [2.45, 2.75) is 12.1 Å². The van der Waals surface area contributed by atoms with Crippen molar-refractivity contribution in [2.75, 3.05) is 11.1 Å². The molecule has 24 heavy (non-hydrogen) atoms. The summed E-state index contributed by atoms with van der Waals surface area (Å²) in [5.74, 6) is -0.100. The number of nitrogens with one attached hydrogen (secondary N) is 1. The van der Waals surface area contributed by atoms with Crippen LogP contribution in [-0.2, 0) is 4.79 Å². The maximum absolute atomic E-state index is 13.0. The molecule has 6 nitrogen and oxygen atoms in total. The van der Waals surface area contributed by atoms with Crippen LogP contribution >= 0.6 is 11.8 Å². The number of anilines is 1. The summed E-state index contributed by atoms with van der Waals surface area (Å²) in [6.07, 6.45) is 3.26. The van der Waals surface area contributed by atoms with Gasteiger partial charge in [-0.1, -0.05) is 11.8 Å². The number of benzene rings is 1. The number of halogens is 1. The number of hydrogen-bond donors (Lipinski definition) is 1. The van der Waals surface area contributed by atoms with Gasteiger partial charge in [-0.25, -0.2) is 4.39 Å². The molecule has 8 heteroatoms. The molecule has 122 valence electrons. The Bertz CT molecular complexity index is 854. The van der Waals surface area contributed by atoms with E-state index >= 15 is 0 Å². The van der Waals surface area contributed by atoms with E-state index in [0.717, 1.165) is 17.3 Å². The van der Waals surface area contributed by atoms with Crippen molar-refractivity contribution in [2.24, 2.45) is 0 Å². The van der Waals surface area contributed by atoms with E-state index in [1.54, 1.807) is 31.5 Å². The van der Waals surface area contributed by atoms with E-state index < -0.39 is 0 Å². The predicted molar refractivity (Wildman–Crippen MR) is 88.0 cm³/mol. The molecule has 3 rings (SSSR count). The SMILES string of the molecule is Cc1cc(F)ccc1NC(=O)CSc1nnc(-c2ccncc2)o1. The molecule has 1 amide bonds. The predicted octanol–water partition coefficient (Wildman–Crippen LogP) is 3.31. The van der Waals surface area contributed by atoms with Crippen LogP contribution in [0.1, 0.15) is 5.56 Å². The van der Waals surface area contributed by atoms with Gasteiger partial charge in [0.15, 0.2) is 0 Å². The second kappa shape index (κ2) is 7.22. The quantitative estimate of drug-likeness (QED) is 0.715. The minimum Gasteiger partial charge on any atom is -0.411 e. The van der Waals surface area contributed by atoms with Crippen molar-refractivity contribution >= 4 is 23.4 Å². The number of pyridine rings is 1. The lowest BCUT2D eigenvalue weighted by Gasteiger charge is -2.07. The van der Waals surface area contributed by atoms with Crippen LogP contribution in [0, 0.1) is 12.7 Å². The summed E-state index contributed by atoms with van der Waals surface area (Å²) < 4.78 is 18.5. The molecule has 0 radical (unpaired) electrons. The molecule has 2 heterocycles. The Labute approximate surface area is 141 Å². The van der Waals surface area contributed by atoms with Gasteiger partial charge in [-0.15, -0.1) is 10.2 Å². The van der Waals surface area contributed by atoms with E-state index in [1.165, 1.54) is 18.2 Å². The molecule has 0 aliphatic rings. The number of amides is 1. The first-order valence-corrected chi connectivity index (χ1v) is 8.03. The molecule has 0 aliphatic heterocycles. The fraction of sp³-hybridized carbons (Fsp3) is 0.125. The maximum Gasteiger partial charge on any atom is 0.277 e. The third kappa shape index (κ3) is 3.96. The van der Waals surface area contributed by atoms with Gasteiger partial charge in [0.2, 0.25) is 11.8 Å². The van der Waals surface area contributed by atoms with Gasteiger partial charge in [0.25, 0.3) is 5.22 Å². The molecule has 1 N–H and O–H groups in total. The van der Waals surface area contributed by atoms with Crippen LogP contribution in [0.15, 0.2) is 52.4 Å². The van der Waals surface area contributed by atoms with Gasteiger partial charge in [0.05, 0.1) is 5.75 Å².